The molecule has 0 spiro atoms. The Morgan fingerprint density at radius 1 is 1.28 bits per heavy atom. The smallest absolute Gasteiger partial charge is 0.225 e. The molecule has 0 heterocycles. The average molecular weight is 260 g/mol. The van der Waals surface area contributed by atoms with Crippen molar-refractivity contribution in [3.8, 4) is 0 Å². The molecular weight excluding hydrogens is 245 g/mol. The fourth-order valence-corrected chi connectivity index (χ4v) is 1.33. The van der Waals surface area contributed by atoms with Gasteiger partial charge in [0.15, 0.2) is 11.6 Å². The third-order valence-electron chi connectivity index (χ3n) is 2.17. The van der Waals surface area contributed by atoms with E-state index in [1.54, 1.807) is 0 Å². The van der Waals surface area contributed by atoms with Gasteiger partial charge in [0.1, 0.15) is 5.82 Å². The van der Waals surface area contributed by atoms with E-state index in [9.17, 15) is 18.0 Å². The molecule has 0 aliphatic heterocycles. The second kappa shape index (κ2) is 6.39. The summed E-state index contributed by atoms with van der Waals surface area (Å²) in [6, 6.07) is 1.39. The van der Waals surface area contributed by atoms with Gasteiger partial charge in [0.2, 0.25) is 5.91 Å². The molecule has 0 bridgehead atoms. The first-order valence-electron chi connectivity index (χ1n) is 5.58. The number of hydrogen-bond donors (Lipinski definition) is 2. The van der Waals surface area contributed by atoms with Crippen LogP contribution in [0.25, 0.3) is 0 Å². The highest BCUT2D eigenvalue weighted by molar-refractivity contribution is 5.90. The van der Waals surface area contributed by atoms with Crippen LogP contribution in [0.5, 0.6) is 0 Å². The summed E-state index contributed by atoms with van der Waals surface area (Å²) in [7, 11) is 0. The lowest BCUT2D eigenvalue weighted by molar-refractivity contribution is -0.116. The quantitative estimate of drug-likeness (QED) is 0.798. The Hall–Kier alpha value is -1.56. The van der Waals surface area contributed by atoms with Crippen LogP contribution in [0.1, 0.15) is 20.3 Å². The van der Waals surface area contributed by atoms with Gasteiger partial charge in [-0.3, -0.25) is 4.79 Å². The summed E-state index contributed by atoms with van der Waals surface area (Å²) in [5, 5.41) is 5.13. The summed E-state index contributed by atoms with van der Waals surface area (Å²) >= 11 is 0. The summed E-state index contributed by atoms with van der Waals surface area (Å²) in [5.41, 5.74) is -0.484. The topological polar surface area (TPSA) is 41.1 Å². The van der Waals surface area contributed by atoms with Crippen molar-refractivity contribution in [3.63, 3.8) is 0 Å². The van der Waals surface area contributed by atoms with E-state index >= 15 is 0 Å². The highest BCUT2D eigenvalue weighted by Crippen LogP contribution is 2.19. The van der Waals surface area contributed by atoms with Crippen LogP contribution < -0.4 is 10.6 Å². The first-order chi connectivity index (χ1) is 8.40. The lowest BCUT2D eigenvalue weighted by Gasteiger charge is -2.09. The molecule has 0 saturated heterocycles. The van der Waals surface area contributed by atoms with E-state index in [1.165, 1.54) is 0 Å². The lowest BCUT2D eigenvalue weighted by Crippen LogP contribution is -2.27. The van der Waals surface area contributed by atoms with E-state index in [2.05, 4.69) is 10.6 Å². The van der Waals surface area contributed by atoms with E-state index in [-0.39, 0.29) is 12.5 Å². The van der Waals surface area contributed by atoms with Gasteiger partial charge in [0.05, 0.1) is 5.69 Å². The molecule has 3 nitrogen and oxygen atoms in total. The Bertz CT molecular complexity index is 436. The number of hydrogen-bond acceptors (Lipinski definition) is 2. The monoisotopic (exact) mass is 260 g/mol. The van der Waals surface area contributed by atoms with Gasteiger partial charge in [-0.25, -0.2) is 13.2 Å². The predicted molar refractivity (Wildman–Crippen MR) is 62.7 cm³/mol. The molecular formula is C12H15F3N2O. The van der Waals surface area contributed by atoms with Gasteiger partial charge in [-0.1, -0.05) is 13.8 Å². The highest BCUT2D eigenvalue weighted by atomic mass is 19.2. The Morgan fingerprint density at radius 2 is 1.94 bits per heavy atom. The number of anilines is 1. The van der Waals surface area contributed by atoms with E-state index in [0.29, 0.717) is 12.6 Å². The number of nitrogens with one attached hydrogen (secondary N) is 2. The van der Waals surface area contributed by atoms with Crippen molar-refractivity contribution in [2.24, 2.45) is 0 Å². The largest absolute Gasteiger partial charge is 0.323 e. The van der Waals surface area contributed by atoms with Crippen molar-refractivity contribution in [1.29, 1.82) is 0 Å². The van der Waals surface area contributed by atoms with Crippen LogP contribution in [-0.4, -0.2) is 18.5 Å². The number of rotatable bonds is 5. The van der Waals surface area contributed by atoms with Crippen LogP contribution in [0.2, 0.25) is 0 Å². The van der Waals surface area contributed by atoms with Crippen molar-refractivity contribution < 1.29 is 18.0 Å². The Balaban J connectivity index is 2.59. The van der Waals surface area contributed by atoms with Crippen LogP contribution in [0.3, 0.4) is 0 Å². The molecule has 0 unspecified atom stereocenters. The van der Waals surface area contributed by atoms with Gasteiger partial charge in [-0.15, -0.1) is 0 Å². The standard InChI is InChI=1S/C12H15F3N2O/c1-7(2)16-4-3-11(18)17-10-6-8(13)5-9(14)12(10)15/h5-7,16H,3-4H2,1-2H3,(H,17,18). The zero-order chi connectivity index (χ0) is 13.7. The third kappa shape index (κ3) is 4.37. The fraction of sp³-hybridized carbons (Fsp3) is 0.417. The summed E-state index contributed by atoms with van der Waals surface area (Å²) in [4.78, 5) is 11.4. The molecule has 0 fully saturated rings. The number of amides is 1. The zero-order valence-electron chi connectivity index (χ0n) is 10.2. The summed E-state index contributed by atoms with van der Waals surface area (Å²) < 4.78 is 38.9. The van der Waals surface area contributed by atoms with Crippen LogP contribution in [0, 0.1) is 17.5 Å². The third-order valence-corrected chi connectivity index (χ3v) is 2.17. The summed E-state index contributed by atoms with van der Waals surface area (Å²) in [5.74, 6) is -4.04. The maximum absolute atomic E-state index is 13.2. The van der Waals surface area contributed by atoms with Gasteiger partial charge in [-0.2, -0.15) is 0 Å². The van der Waals surface area contributed by atoms with Crippen molar-refractivity contribution in [2.75, 3.05) is 11.9 Å². The molecule has 1 aromatic carbocycles. The lowest BCUT2D eigenvalue weighted by atomic mass is 10.2. The zero-order valence-corrected chi connectivity index (χ0v) is 10.2. The van der Waals surface area contributed by atoms with Crippen molar-refractivity contribution >= 4 is 11.6 Å². The fourth-order valence-electron chi connectivity index (χ4n) is 1.33. The van der Waals surface area contributed by atoms with E-state index in [0.717, 1.165) is 6.07 Å². The molecule has 6 heteroatoms. The normalized spacial score (nSPS) is 10.8. The molecule has 0 radical (unpaired) electrons. The Morgan fingerprint density at radius 3 is 2.56 bits per heavy atom. The second-order valence-electron chi connectivity index (χ2n) is 4.16. The maximum atomic E-state index is 13.2. The van der Waals surface area contributed by atoms with Crippen LogP contribution >= 0.6 is 0 Å². The molecule has 0 atom stereocenters. The molecule has 100 valence electrons. The van der Waals surface area contributed by atoms with Crippen molar-refractivity contribution in [3.05, 3.63) is 29.6 Å². The molecule has 18 heavy (non-hydrogen) atoms. The first kappa shape index (κ1) is 14.5. The minimum atomic E-state index is -1.33. The number of benzene rings is 1. The Labute approximate surface area is 103 Å². The second-order valence-corrected chi connectivity index (χ2v) is 4.16. The van der Waals surface area contributed by atoms with Crippen LogP contribution in [0.15, 0.2) is 12.1 Å². The van der Waals surface area contributed by atoms with Gasteiger partial charge in [-0.05, 0) is 0 Å². The van der Waals surface area contributed by atoms with Crippen molar-refractivity contribution in [2.45, 2.75) is 26.3 Å². The van der Waals surface area contributed by atoms with Gasteiger partial charge < -0.3 is 10.6 Å². The number of carbonyl (C=O) groups excluding carboxylic acids is 1. The van der Waals surface area contributed by atoms with E-state index in [1.807, 2.05) is 13.8 Å². The number of halogens is 3. The SMILES string of the molecule is CC(C)NCCC(=O)Nc1cc(F)cc(F)c1F. The molecule has 0 aromatic heterocycles. The van der Waals surface area contributed by atoms with Crippen LogP contribution in [0.4, 0.5) is 18.9 Å². The number of carbonyl (C=O) groups is 1. The summed E-state index contributed by atoms with van der Waals surface area (Å²) in [6.45, 7) is 4.24. The minimum Gasteiger partial charge on any atom is -0.323 e. The van der Waals surface area contributed by atoms with Gasteiger partial charge in [0.25, 0.3) is 0 Å². The molecule has 0 aliphatic carbocycles. The first-order valence-corrected chi connectivity index (χ1v) is 5.58. The molecule has 0 aliphatic rings. The average Bonchev–Trinajstić information content (AvgIpc) is 2.24. The van der Waals surface area contributed by atoms with Gasteiger partial charge in [0, 0.05) is 31.1 Å². The van der Waals surface area contributed by atoms with Crippen molar-refractivity contribution in [1.82, 2.24) is 5.32 Å². The Kier molecular flexibility index (Phi) is 5.15. The molecule has 1 rings (SSSR count). The summed E-state index contributed by atoms with van der Waals surface area (Å²) in [6.07, 6.45) is 0.0930. The minimum absolute atomic E-state index is 0.0930. The van der Waals surface area contributed by atoms with E-state index in [4.69, 9.17) is 0 Å². The maximum Gasteiger partial charge on any atom is 0.225 e. The van der Waals surface area contributed by atoms with E-state index < -0.39 is 29.0 Å². The highest BCUT2D eigenvalue weighted by Gasteiger charge is 2.13. The molecule has 2 N–H and O–H groups in total. The molecule has 0 saturated carbocycles. The predicted octanol–water partition coefficient (Wildman–Crippen LogP) is 2.43. The molecule has 1 aromatic rings. The molecule has 1 amide bonds. The van der Waals surface area contributed by atoms with Crippen LogP contribution in [-0.2, 0) is 4.79 Å². The van der Waals surface area contributed by atoms with Gasteiger partial charge >= 0.3 is 0 Å².